The standard InChI is InChI=1S/C17H24N2O3S/c1-12-13(2)23(21,22)9-8-19(12)17(20)18-11-14-6-7-15-4-3-5-16(15)10-14/h6-7,10,12-13H,3-5,8-9,11H2,1-2H3,(H,18,20)/t12-,13+/m0/s1. The molecule has 2 amide bonds. The van der Waals surface area contributed by atoms with Crippen LogP contribution in [0.5, 0.6) is 0 Å². The minimum absolute atomic E-state index is 0.0464. The largest absolute Gasteiger partial charge is 0.334 e. The fourth-order valence-corrected chi connectivity index (χ4v) is 5.04. The Morgan fingerprint density at radius 2 is 2.00 bits per heavy atom. The van der Waals surface area contributed by atoms with Gasteiger partial charge in [0.1, 0.15) is 0 Å². The normalized spacial score (nSPS) is 25.9. The van der Waals surface area contributed by atoms with E-state index < -0.39 is 15.1 Å². The number of hydrogen-bond acceptors (Lipinski definition) is 3. The Balaban J connectivity index is 1.61. The molecule has 0 bridgehead atoms. The highest BCUT2D eigenvalue weighted by molar-refractivity contribution is 7.92. The third-order valence-corrected chi connectivity index (χ3v) is 7.50. The Morgan fingerprint density at radius 3 is 2.78 bits per heavy atom. The van der Waals surface area contributed by atoms with Gasteiger partial charge in [0.05, 0.1) is 11.0 Å². The van der Waals surface area contributed by atoms with Gasteiger partial charge in [0.25, 0.3) is 0 Å². The van der Waals surface area contributed by atoms with Gasteiger partial charge in [-0.3, -0.25) is 0 Å². The van der Waals surface area contributed by atoms with Crippen LogP contribution in [0, 0.1) is 0 Å². The van der Waals surface area contributed by atoms with Crippen LogP contribution < -0.4 is 5.32 Å². The van der Waals surface area contributed by atoms with Crippen LogP contribution in [-0.4, -0.2) is 42.9 Å². The molecule has 1 aromatic carbocycles. The van der Waals surface area contributed by atoms with Gasteiger partial charge in [-0.2, -0.15) is 0 Å². The molecular formula is C17H24N2O3S. The minimum atomic E-state index is -3.07. The van der Waals surface area contributed by atoms with E-state index >= 15 is 0 Å². The number of nitrogens with one attached hydrogen (secondary N) is 1. The summed E-state index contributed by atoms with van der Waals surface area (Å²) in [6.45, 7) is 4.23. The van der Waals surface area contributed by atoms with Crippen molar-refractivity contribution >= 4 is 15.9 Å². The fourth-order valence-electron chi connectivity index (χ4n) is 3.47. The zero-order valence-corrected chi connectivity index (χ0v) is 14.5. The van der Waals surface area contributed by atoms with E-state index in [0.717, 1.165) is 18.4 Å². The molecule has 2 atom stereocenters. The molecule has 5 nitrogen and oxygen atoms in total. The number of amides is 2. The Kier molecular flexibility index (Phi) is 4.36. The van der Waals surface area contributed by atoms with Crippen molar-refractivity contribution in [3.63, 3.8) is 0 Å². The van der Waals surface area contributed by atoms with Crippen molar-refractivity contribution in [1.29, 1.82) is 0 Å². The maximum Gasteiger partial charge on any atom is 0.317 e. The number of urea groups is 1. The first-order chi connectivity index (χ1) is 10.9. The minimum Gasteiger partial charge on any atom is -0.334 e. The Morgan fingerprint density at radius 1 is 1.26 bits per heavy atom. The van der Waals surface area contributed by atoms with Gasteiger partial charge >= 0.3 is 6.03 Å². The highest BCUT2D eigenvalue weighted by Gasteiger charge is 2.37. The lowest BCUT2D eigenvalue weighted by molar-refractivity contribution is 0.177. The molecule has 23 heavy (non-hydrogen) atoms. The molecule has 1 aliphatic heterocycles. The predicted octanol–water partition coefficient (Wildman–Crippen LogP) is 1.89. The Bertz CT molecular complexity index is 715. The van der Waals surface area contributed by atoms with E-state index in [9.17, 15) is 13.2 Å². The van der Waals surface area contributed by atoms with E-state index in [1.54, 1.807) is 18.7 Å². The summed E-state index contributed by atoms with van der Waals surface area (Å²) in [5.41, 5.74) is 3.91. The molecule has 1 N–H and O–H groups in total. The summed E-state index contributed by atoms with van der Waals surface area (Å²) < 4.78 is 23.8. The number of carbonyl (C=O) groups excluding carboxylic acids is 1. The van der Waals surface area contributed by atoms with Crippen LogP contribution in [0.3, 0.4) is 0 Å². The Hall–Kier alpha value is -1.56. The first-order valence-electron chi connectivity index (χ1n) is 8.25. The lowest BCUT2D eigenvalue weighted by Crippen LogP contribution is -2.56. The van der Waals surface area contributed by atoms with Crippen LogP contribution in [0.2, 0.25) is 0 Å². The van der Waals surface area contributed by atoms with Crippen molar-refractivity contribution in [1.82, 2.24) is 10.2 Å². The SMILES string of the molecule is C[C@@H]1[C@H](C)N(C(=O)NCc2ccc3c(c2)CCC3)CCS1(=O)=O. The molecule has 0 saturated carbocycles. The summed E-state index contributed by atoms with van der Waals surface area (Å²) in [5.74, 6) is 0.0464. The number of aryl methyl sites for hydroxylation is 2. The van der Waals surface area contributed by atoms with Gasteiger partial charge in [0.2, 0.25) is 0 Å². The van der Waals surface area contributed by atoms with E-state index in [4.69, 9.17) is 0 Å². The molecular weight excluding hydrogens is 312 g/mol. The second-order valence-corrected chi connectivity index (χ2v) is 9.10. The van der Waals surface area contributed by atoms with Crippen molar-refractivity contribution in [2.75, 3.05) is 12.3 Å². The maximum atomic E-state index is 12.4. The predicted molar refractivity (Wildman–Crippen MR) is 90.1 cm³/mol. The van der Waals surface area contributed by atoms with Crippen molar-refractivity contribution in [3.05, 3.63) is 34.9 Å². The zero-order valence-electron chi connectivity index (χ0n) is 13.7. The number of sulfone groups is 1. The number of benzene rings is 1. The highest BCUT2D eigenvalue weighted by Crippen LogP contribution is 2.23. The molecule has 0 unspecified atom stereocenters. The first kappa shape index (κ1) is 16.3. The Labute approximate surface area is 138 Å². The van der Waals surface area contributed by atoms with Crippen molar-refractivity contribution in [2.45, 2.75) is 50.9 Å². The first-order valence-corrected chi connectivity index (χ1v) is 9.97. The topological polar surface area (TPSA) is 66.5 Å². The summed E-state index contributed by atoms with van der Waals surface area (Å²) in [6.07, 6.45) is 3.48. The molecule has 1 fully saturated rings. The molecule has 126 valence electrons. The summed E-state index contributed by atoms with van der Waals surface area (Å²) in [7, 11) is -3.07. The van der Waals surface area contributed by atoms with E-state index in [2.05, 4.69) is 23.5 Å². The average molecular weight is 336 g/mol. The van der Waals surface area contributed by atoms with Gasteiger partial charge in [-0.1, -0.05) is 18.2 Å². The third-order valence-electron chi connectivity index (χ3n) is 5.22. The number of hydrogen-bond donors (Lipinski definition) is 1. The van der Waals surface area contributed by atoms with Crippen LogP contribution in [0.4, 0.5) is 4.79 Å². The average Bonchev–Trinajstić information content (AvgIpc) is 2.98. The van der Waals surface area contributed by atoms with Crippen LogP contribution in [0.25, 0.3) is 0 Å². The summed E-state index contributed by atoms with van der Waals surface area (Å²) >= 11 is 0. The number of nitrogens with zero attached hydrogens (tertiary/aromatic N) is 1. The number of carbonyl (C=O) groups is 1. The summed E-state index contributed by atoms with van der Waals surface area (Å²) in [4.78, 5) is 14.0. The maximum absolute atomic E-state index is 12.4. The van der Waals surface area contributed by atoms with E-state index in [-0.39, 0.29) is 24.4 Å². The van der Waals surface area contributed by atoms with Gasteiger partial charge in [-0.05, 0) is 49.8 Å². The molecule has 1 saturated heterocycles. The van der Waals surface area contributed by atoms with Crippen molar-refractivity contribution in [2.24, 2.45) is 0 Å². The lowest BCUT2D eigenvalue weighted by atomic mass is 10.1. The molecule has 0 spiro atoms. The van der Waals surface area contributed by atoms with Crippen LogP contribution in [0.1, 0.15) is 37.0 Å². The van der Waals surface area contributed by atoms with E-state index in [1.807, 2.05) is 0 Å². The van der Waals surface area contributed by atoms with Gasteiger partial charge in [-0.15, -0.1) is 0 Å². The van der Waals surface area contributed by atoms with Gasteiger partial charge in [0, 0.05) is 19.1 Å². The van der Waals surface area contributed by atoms with Gasteiger partial charge in [0.15, 0.2) is 9.84 Å². The van der Waals surface area contributed by atoms with Crippen LogP contribution in [-0.2, 0) is 29.2 Å². The number of fused-ring (bicyclic) bond motifs is 1. The van der Waals surface area contributed by atoms with E-state index in [1.165, 1.54) is 17.5 Å². The van der Waals surface area contributed by atoms with Crippen molar-refractivity contribution < 1.29 is 13.2 Å². The van der Waals surface area contributed by atoms with Gasteiger partial charge in [-0.25, -0.2) is 13.2 Å². The summed E-state index contributed by atoms with van der Waals surface area (Å²) in [6, 6.07) is 5.92. The third kappa shape index (κ3) is 3.22. The molecule has 1 aromatic rings. The van der Waals surface area contributed by atoms with Crippen molar-refractivity contribution in [3.8, 4) is 0 Å². The molecule has 1 heterocycles. The lowest BCUT2D eigenvalue weighted by Gasteiger charge is -2.37. The molecule has 1 aliphatic carbocycles. The van der Waals surface area contributed by atoms with E-state index in [0.29, 0.717) is 6.54 Å². The summed E-state index contributed by atoms with van der Waals surface area (Å²) in [5, 5.41) is 2.42. The van der Waals surface area contributed by atoms with Crippen LogP contribution in [0.15, 0.2) is 18.2 Å². The zero-order chi connectivity index (χ0) is 16.6. The monoisotopic (exact) mass is 336 g/mol. The number of rotatable bonds is 2. The second kappa shape index (κ2) is 6.15. The van der Waals surface area contributed by atoms with Crippen LogP contribution >= 0.6 is 0 Å². The molecule has 2 aliphatic rings. The molecule has 6 heteroatoms. The second-order valence-electron chi connectivity index (χ2n) is 6.62. The molecule has 0 aromatic heterocycles. The molecule has 0 radical (unpaired) electrons. The quantitative estimate of drug-likeness (QED) is 0.897. The fraction of sp³-hybridized carbons (Fsp3) is 0.588. The smallest absolute Gasteiger partial charge is 0.317 e. The molecule has 3 rings (SSSR count). The van der Waals surface area contributed by atoms with Gasteiger partial charge < -0.3 is 10.2 Å². The highest BCUT2D eigenvalue weighted by atomic mass is 32.2.